The molecule has 4 rings (SSSR count). The van der Waals surface area contributed by atoms with Gasteiger partial charge in [-0.25, -0.2) is 12.8 Å². The molecule has 0 aliphatic carbocycles. The van der Waals surface area contributed by atoms with Crippen LogP contribution in [0.15, 0.2) is 47.4 Å². The molecule has 2 aliphatic heterocycles. The van der Waals surface area contributed by atoms with Crippen LogP contribution in [0, 0.1) is 23.6 Å². The van der Waals surface area contributed by atoms with Gasteiger partial charge in [-0.15, -0.1) is 0 Å². The molecule has 1 fully saturated rings. The Labute approximate surface area is 235 Å². The normalized spacial score (nSPS) is 22.0. The van der Waals surface area contributed by atoms with Gasteiger partial charge in [-0.05, 0) is 43.3 Å². The van der Waals surface area contributed by atoms with Crippen molar-refractivity contribution in [2.45, 2.75) is 30.9 Å². The highest BCUT2D eigenvalue weighted by atomic mass is 32.2. The monoisotopic (exact) mass is 573 g/mol. The molecule has 40 heavy (non-hydrogen) atoms. The topological polar surface area (TPSA) is 99.6 Å². The number of aliphatic hydroxyl groups is 1. The lowest BCUT2D eigenvalue weighted by Gasteiger charge is -2.38. The van der Waals surface area contributed by atoms with E-state index in [1.54, 1.807) is 43.1 Å². The van der Waals surface area contributed by atoms with Gasteiger partial charge in [0.1, 0.15) is 22.6 Å². The second kappa shape index (κ2) is 13.1. The molecule has 11 heteroatoms. The third-order valence-corrected chi connectivity index (χ3v) is 9.20. The number of rotatable bonds is 6. The third-order valence-electron chi connectivity index (χ3n) is 7.19. The van der Waals surface area contributed by atoms with Crippen molar-refractivity contribution in [1.82, 2.24) is 14.1 Å². The minimum atomic E-state index is -4.01. The molecule has 2 heterocycles. The van der Waals surface area contributed by atoms with Gasteiger partial charge in [0.05, 0.1) is 32.9 Å². The molecule has 0 unspecified atom stereocenters. The van der Waals surface area contributed by atoms with Crippen LogP contribution in [-0.4, -0.2) is 105 Å². The van der Waals surface area contributed by atoms with Gasteiger partial charge in [0.25, 0.3) is 0 Å². The van der Waals surface area contributed by atoms with Gasteiger partial charge in [0.15, 0.2) is 0 Å². The molecule has 0 saturated carbocycles. The Kier molecular flexibility index (Phi) is 9.81. The van der Waals surface area contributed by atoms with E-state index in [2.05, 4.69) is 11.8 Å². The minimum Gasteiger partial charge on any atom is -0.487 e. The number of sulfonamides is 1. The van der Waals surface area contributed by atoms with Gasteiger partial charge in [-0.2, -0.15) is 4.31 Å². The predicted octanol–water partition coefficient (Wildman–Crippen LogP) is 1.78. The molecule has 1 saturated heterocycles. The fourth-order valence-corrected chi connectivity index (χ4v) is 6.50. The summed E-state index contributed by atoms with van der Waals surface area (Å²) in [6.45, 7) is 6.35. The van der Waals surface area contributed by atoms with Crippen LogP contribution in [0.5, 0.6) is 5.75 Å². The molecule has 2 aromatic carbocycles. The Morgan fingerprint density at radius 2 is 1.88 bits per heavy atom. The summed E-state index contributed by atoms with van der Waals surface area (Å²) < 4.78 is 54.0. The SMILES string of the molecule is C[C@@H]1CN([C@H](C)CO)S(=O)(=O)c2ccc(C#Cc3cccc(F)c3)cc2O[C@H]1CN(C)C(=O)CN1CCOCC1. The van der Waals surface area contributed by atoms with Crippen molar-refractivity contribution >= 4 is 15.9 Å². The lowest BCUT2D eigenvalue weighted by atomic mass is 10.0. The van der Waals surface area contributed by atoms with Crippen molar-refractivity contribution < 1.29 is 32.2 Å². The molecule has 2 aromatic rings. The van der Waals surface area contributed by atoms with Crippen LogP contribution in [0.1, 0.15) is 25.0 Å². The zero-order valence-corrected chi connectivity index (χ0v) is 23.9. The quantitative estimate of drug-likeness (QED) is 0.526. The molecule has 0 aromatic heterocycles. The Balaban J connectivity index is 1.65. The molecule has 0 radical (unpaired) electrons. The number of hydrogen-bond acceptors (Lipinski definition) is 7. The zero-order valence-electron chi connectivity index (χ0n) is 23.0. The van der Waals surface area contributed by atoms with Crippen molar-refractivity contribution in [3.8, 4) is 17.6 Å². The molecule has 216 valence electrons. The van der Waals surface area contributed by atoms with Crippen molar-refractivity contribution in [2.24, 2.45) is 5.92 Å². The number of nitrogens with zero attached hydrogens (tertiary/aromatic N) is 3. The first-order valence-corrected chi connectivity index (χ1v) is 14.8. The van der Waals surface area contributed by atoms with Crippen LogP contribution in [0.25, 0.3) is 0 Å². The Morgan fingerprint density at radius 1 is 1.18 bits per heavy atom. The highest BCUT2D eigenvalue weighted by molar-refractivity contribution is 7.89. The number of hydrogen-bond donors (Lipinski definition) is 1. The maximum Gasteiger partial charge on any atom is 0.247 e. The van der Waals surface area contributed by atoms with E-state index < -0.39 is 28.0 Å². The number of carbonyl (C=O) groups excluding carboxylic acids is 1. The number of likely N-dealkylation sites (N-methyl/N-ethyl adjacent to an activating group) is 1. The van der Waals surface area contributed by atoms with Crippen LogP contribution in [0.4, 0.5) is 4.39 Å². The first kappa shape index (κ1) is 30.0. The summed E-state index contributed by atoms with van der Waals surface area (Å²) in [6, 6.07) is 9.81. The van der Waals surface area contributed by atoms with Crippen molar-refractivity contribution in [3.05, 3.63) is 59.4 Å². The lowest BCUT2D eigenvalue weighted by molar-refractivity contribution is -0.133. The van der Waals surface area contributed by atoms with Crippen LogP contribution < -0.4 is 4.74 Å². The van der Waals surface area contributed by atoms with Crippen LogP contribution in [0.3, 0.4) is 0 Å². The Hall–Kier alpha value is -3.01. The molecule has 0 spiro atoms. The Morgan fingerprint density at radius 3 is 2.55 bits per heavy atom. The Bertz CT molecular complexity index is 1370. The standard InChI is InChI=1S/C29H36FN3O6S/c1-21-17-33(22(2)20-34)40(36,37)28-10-9-24(8-7-23-5-4-6-25(30)15-23)16-26(28)39-27(21)18-31(3)29(35)19-32-11-13-38-14-12-32/h4-6,9-10,15-16,21-22,27,34H,11-14,17-20H2,1-3H3/t21-,22-,27+/m1/s1. The summed E-state index contributed by atoms with van der Waals surface area (Å²) in [5.74, 6) is 5.19. The maximum absolute atomic E-state index is 13.7. The van der Waals surface area contributed by atoms with Gasteiger partial charge in [0.2, 0.25) is 15.9 Å². The summed E-state index contributed by atoms with van der Waals surface area (Å²) in [4.78, 5) is 16.6. The average molecular weight is 574 g/mol. The van der Waals surface area contributed by atoms with Crippen LogP contribution >= 0.6 is 0 Å². The van der Waals surface area contributed by atoms with Gasteiger partial charge < -0.3 is 19.5 Å². The number of carbonyl (C=O) groups is 1. The first-order valence-electron chi connectivity index (χ1n) is 13.3. The second-order valence-corrected chi connectivity index (χ2v) is 12.2. The number of aliphatic hydroxyl groups excluding tert-OH is 1. The van der Waals surface area contributed by atoms with Crippen molar-refractivity contribution in [2.75, 3.05) is 59.6 Å². The summed E-state index contributed by atoms with van der Waals surface area (Å²) >= 11 is 0. The van der Waals surface area contributed by atoms with E-state index in [-0.39, 0.29) is 48.7 Å². The fraction of sp³-hybridized carbons (Fsp3) is 0.483. The molecule has 1 amide bonds. The van der Waals surface area contributed by atoms with E-state index >= 15 is 0 Å². The number of ether oxygens (including phenoxy) is 2. The summed E-state index contributed by atoms with van der Waals surface area (Å²) in [5.41, 5.74) is 0.971. The molecule has 9 nitrogen and oxygen atoms in total. The van der Waals surface area contributed by atoms with E-state index in [0.29, 0.717) is 37.4 Å². The lowest BCUT2D eigenvalue weighted by Crippen LogP contribution is -2.51. The number of halogens is 1. The molecule has 2 aliphatic rings. The smallest absolute Gasteiger partial charge is 0.247 e. The van der Waals surface area contributed by atoms with Crippen molar-refractivity contribution in [1.29, 1.82) is 0 Å². The van der Waals surface area contributed by atoms with E-state index in [0.717, 1.165) is 0 Å². The maximum atomic E-state index is 13.7. The summed E-state index contributed by atoms with van der Waals surface area (Å²) in [6.07, 6.45) is -0.535. The zero-order chi connectivity index (χ0) is 28.9. The van der Waals surface area contributed by atoms with Crippen LogP contribution in [0.2, 0.25) is 0 Å². The number of fused-ring (bicyclic) bond motifs is 1. The first-order chi connectivity index (χ1) is 19.1. The van der Waals surface area contributed by atoms with Crippen molar-refractivity contribution in [3.63, 3.8) is 0 Å². The molecular formula is C29H36FN3O6S. The molecular weight excluding hydrogens is 537 g/mol. The summed E-state index contributed by atoms with van der Waals surface area (Å²) in [5, 5.41) is 9.85. The van der Waals surface area contributed by atoms with E-state index in [1.807, 2.05) is 11.8 Å². The van der Waals surface area contributed by atoms with E-state index in [1.165, 1.54) is 22.5 Å². The minimum absolute atomic E-state index is 0.0386. The highest BCUT2D eigenvalue weighted by Crippen LogP contribution is 2.34. The highest BCUT2D eigenvalue weighted by Gasteiger charge is 2.38. The van der Waals surface area contributed by atoms with Gasteiger partial charge in [0, 0.05) is 49.8 Å². The summed E-state index contributed by atoms with van der Waals surface area (Å²) in [7, 11) is -2.30. The number of amides is 1. The average Bonchev–Trinajstić information content (AvgIpc) is 2.93. The van der Waals surface area contributed by atoms with Gasteiger partial charge >= 0.3 is 0 Å². The van der Waals surface area contributed by atoms with E-state index in [9.17, 15) is 22.7 Å². The number of benzene rings is 2. The second-order valence-electron chi connectivity index (χ2n) is 10.3. The fourth-order valence-electron chi connectivity index (χ4n) is 4.67. The molecule has 0 bridgehead atoms. The van der Waals surface area contributed by atoms with Crippen LogP contribution in [-0.2, 0) is 19.6 Å². The van der Waals surface area contributed by atoms with Gasteiger partial charge in [-0.3, -0.25) is 9.69 Å². The predicted molar refractivity (Wildman–Crippen MR) is 148 cm³/mol. The largest absolute Gasteiger partial charge is 0.487 e. The van der Waals surface area contributed by atoms with Gasteiger partial charge in [-0.1, -0.05) is 24.8 Å². The molecule has 1 N–H and O–H groups in total. The van der Waals surface area contributed by atoms with E-state index in [4.69, 9.17) is 9.47 Å². The number of morpholine rings is 1. The third kappa shape index (κ3) is 7.19. The molecule has 3 atom stereocenters.